The molecule has 3 rings (SSSR count). The zero-order valence-corrected chi connectivity index (χ0v) is 10.7. The molecule has 1 aromatic carbocycles. The number of fused-ring (bicyclic) bond motifs is 1. The van der Waals surface area contributed by atoms with E-state index in [0.29, 0.717) is 5.02 Å². The molecule has 3 heteroatoms. The number of rotatable bonds is 0. The predicted molar refractivity (Wildman–Crippen MR) is 77.0 cm³/mol. The standard InChI is InChI=1S/C16H9ClN2/c17-15-4-1-5-16-14(15)9-8-13(19-16)7-6-12-3-2-10-18-11-12/h1-5,8-11H. The second kappa shape index (κ2) is 5.09. The van der Waals surface area contributed by atoms with E-state index in [-0.39, 0.29) is 0 Å². The minimum atomic E-state index is 0.705. The van der Waals surface area contributed by atoms with Crippen molar-refractivity contribution < 1.29 is 0 Å². The molecule has 0 bridgehead atoms. The molecule has 0 aliphatic rings. The Kier molecular flexibility index (Phi) is 3.14. The summed E-state index contributed by atoms with van der Waals surface area (Å²) < 4.78 is 0. The monoisotopic (exact) mass is 264 g/mol. The van der Waals surface area contributed by atoms with Gasteiger partial charge in [0.2, 0.25) is 0 Å². The van der Waals surface area contributed by atoms with Crippen molar-refractivity contribution in [3.8, 4) is 11.8 Å². The molecule has 0 N–H and O–H groups in total. The fourth-order valence-corrected chi connectivity index (χ4v) is 1.99. The number of benzene rings is 1. The Balaban J connectivity index is 2.01. The summed E-state index contributed by atoms with van der Waals surface area (Å²) in [7, 11) is 0. The van der Waals surface area contributed by atoms with Crippen LogP contribution in [-0.2, 0) is 0 Å². The molecule has 2 nitrogen and oxygen atoms in total. The van der Waals surface area contributed by atoms with Gasteiger partial charge in [-0.05, 0) is 42.3 Å². The van der Waals surface area contributed by atoms with Gasteiger partial charge in [0.15, 0.2) is 0 Å². The maximum Gasteiger partial charge on any atom is 0.114 e. The van der Waals surface area contributed by atoms with Gasteiger partial charge in [-0.3, -0.25) is 4.98 Å². The molecule has 0 saturated carbocycles. The molecule has 0 unspecified atom stereocenters. The van der Waals surface area contributed by atoms with Crippen LogP contribution in [0, 0.1) is 11.8 Å². The molecular formula is C16H9ClN2. The molecule has 0 fully saturated rings. The molecule has 3 aromatic rings. The van der Waals surface area contributed by atoms with E-state index in [1.165, 1.54) is 0 Å². The van der Waals surface area contributed by atoms with Crippen molar-refractivity contribution in [1.29, 1.82) is 0 Å². The van der Waals surface area contributed by atoms with Crippen molar-refractivity contribution in [3.63, 3.8) is 0 Å². The highest BCUT2D eigenvalue weighted by Crippen LogP contribution is 2.21. The van der Waals surface area contributed by atoms with E-state index in [0.717, 1.165) is 22.2 Å². The van der Waals surface area contributed by atoms with Crippen LogP contribution in [0.15, 0.2) is 54.9 Å². The summed E-state index contributed by atoms with van der Waals surface area (Å²) in [5.74, 6) is 6.06. The van der Waals surface area contributed by atoms with Gasteiger partial charge in [-0.2, -0.15) is 0 Å². The minimum Gasteiger partial charge on any atom is -0.263 e. The van der Waals surface area contributed by atoms with E-state index < -0.39 is 0 Å². The summed E-state index contributed by atoms with van der Waals surface area (Å²) in [6, 6.07) is 13.3. The highest BCUT2D eigenvalue weighted by molar-refractivity contribution is 6.35. The first-order valence-electron chi connectivity index (χ1n) is 5.80. The highest BCUT2D eigenvalue weighted by atomic mass is 35.5. The van der Waals surface area contributed by atoms with E-state index in [4.69, 9.17) is 11.6 Å². The largest absolute Gasteiger partial charge is 0.263 e. The van der Waals surface area contributed by atoms with Gasteiger partial charge in [0.05, 0.1) is 5.52 Å². The van der Waals surface area contributed by atoms with E-state index in [1.807, 2.05) is 42.5 Å². The Morgan fingerprint density at radius 1 is 0.947 bits per heavy atom. The van der Waals surface area contributed by atoms with Crippen LogP contribution >= 0.6 is 11.6 Å². The predicted octanol–water partition coefficient (Wildman–Crippen LogP) is 3.68. The van der Waals surface area contributed by atoms with Crippen LogP contribution in [-0.4, -0.2) is 9.97 Å². The minimum absolute atomic E-state index is 0.705. The van der Waals surface area contributed by atoms with Crippen LogP contribution in [0.5, 0.6) is 0 Å². The van der Waals surface area contributed by atoms with Crippen molar-refractivity contribution in [2.45, 2.75) is 0 Å². The topological polar surface area (TPSA) is 25.8 Å². The smallest absolute Gasteiger partial charge is 0.114 e. The lowest BCUT2D eigenvalue weighted by atomic mass is 10.2. The molecule has 0 saturated heterocycles. The maximum atomic E-state index is 6.10. The van der Waals surface area contributed by atoms with Crippen LogP contribution in [0.4, 0.5) is 0 Å². The Morgan fingerprint density at radius 2 is 1.89 bits per heavy atom. The molecule has 90 valence electrons. The Labute approximate surface area is 116 Å². The third-order valence-electron chi connectivity index (χ3n) is 2.68. The third-order valence-corrected chi connectivity index (χ3v) is 3.00. The average Bonchev–Trinajstić information content (AvgIpc) is 2.46. The summed E-state index contributed by atoms with van der Waals surface area (Å²) in [6.45, 7) is 0. The lowest BCUT2D eigenvalue weighted by Gasteiger charge is -1.99. The van der Waals surface area contributed by atoms with Crippen LogP contribution in [0.25, 0.3) is 10.9 Å². The number of hydrogen-bond acceptors (Lipinski definition) is 2. The van der Waals surface area contributed by atoms with Crippen LogP contribution in [0.1, 0.15) is 11.3 Å². The Hall–Kier alpha value is -2.37. The number of pyridine rings is 2. The van der Waals surface area contributed by atoms with Crippen LogP contribution < -0.4 is 0 Å². The normalized spacial score (nSPS) is 9.95. The first-order valence-corrected chi connectivity index (χ1v) is 6.18. The maximum absolute atomic E-state index is 6.10. The quantitative estimate of drug-likeness (QED) is 0.579. The van der Waals surface area contributed by atoms with Gasteiger partial charge < -0.3 is 0 Å². The van der Waals surface area contributed by atoms with E-state index >= 15 is 0 Å². The molecule has 2 heterocycles. The SMILES string of the molecule is Clc1cccc2nc(C#Cc3cccnc3)ccc12. The molecule has 0 amide bonds. The summed E-state index contributed by atoms with van der Waals surface area (Å²) in [5.41, 5.74) is 2.44. The summed E-state index contributed by atoms with van der Waals surface area (Å²) in [5, 5.41) is 1.65. The third kappa shape index (κ3) is 2.57. The van der Waals surface area contributed by atoms with Crippen LogP contribution in [0.2, 0.25) is 5.02 Å². The number of halogens is 1. The van der Waals surface area contributed by atoms with Crippen molar-refractivity contribution in [2.24, 2.45) is 0 Å². The first kappa shape index (κ1) is 11.7. The zero-order valence-electron chi connectivity index (χ0n) is 9.97. The van der Waals surface area contributed by atoms with Crippen molar-refractivity contribution in [1.82, 2.24) is 9.97 Å². The van der Waals surface area contributed by atoms with Gasteiger partial charge in [-0.15, -0.1) is 0 Å². The molecule has 0 spiro atoms. The molecule has 0 aliphatic carbocycles. The van der Waals surface area contributed by atoms with Gasteiger partial charge in [-0.25, -0.2) is 4.98 Å². The van der Waals surface area contributed by atoms with Gasteiger partial charge in [0.1, 0.15) is 5.69 Å². The Morgan fingerprint density at radius 3 is 2.74 bits per heavy atom. The molecule has 19 heavy (non-hydrogen) atoms. The van der Waals surface area contributed by atoms with Gasteiger partial charge >= 0.3 is 0 Å². The Bertz CT molecular complexity index is 786. The second-order valence-electron chi connectivity index (χ2n) is 3.99. The fraction of sp³-hybridized carbons (Fsp3) is 0. The van der Waals surface area contributed by atoms with Crippen molar-refractivity contribution in [2.75, 3.05) is 0 Å². The molecule has 0 radical (unpaired) electrons. The average molecular weight is 265 g/mol. The molecular weight excluding hydrogens is 256 g/mol. The summed E-state index contributed by atoms with van der Waals surface area (Å²) >= 11 is 6.10. The molecule has 0 atom stereocenters. The molecule has 2 aromatic heterocycles. The van der Waals surface area contributed by atoms with E-state index in [9.17, 15) is 0 Å². The second-order valence-corrected chi connectivity index (χ2v) is 4.40. The van der Waals surface area contributed by atoms with E-state index in [2.05, 4.69) is 21.8 Å². The summed E-state index contributed by atoms with van der Waals surface area (Å²) in [4.78, 5) is 8.49. The van der Waals surface area contributed by atoms with Crippen LogP contribution in [0.3, 0.4) is 0 Å². The first-order chi connectivity index (χ1) is 9.33. The van der Waals surface area contributed by atoms with Gasteiger partial charge in [-0.1, -0.05) is 23.6 Å². The zero-order chi connectivity index (χ0) is 13.1. The van der Waals surface area contributed by atoms with Crippen molar-refractivity contribution >= 4 is 22.5 Å². The lowest BCUT2D eigenvalue weighted by molar-refractivity contribution is 1.31. The highest BCUT2D eigenvalue weighted by Gasteiger charge is 1.99. The number of hydrogen-bond donors (Lipinski definition) is 0. The van der Waals surface area contributed by atoms with Gasteiger partial charge in [0, 0.05) is 28.4 Å². The number of aromatic nitrogens is 2. The lowest BCUT2D eigenvalue weighted by Crippen LogP contribution is -1.85. The van der Waals surface area contributed by atoms with Crippen molar-refractivity contribution in [3.05, 3.63) is 71.1 Å². The molecule has 0 aliphatic heterocycles. The summed E-state index contributed by atoms with van der Waals surface area (Å²) in [6.07, 6.45) is 3.45. The van der Waals surface area contributed by atoms with Gasteiger partial charge in [0.25, 0.3) is 0 Å². The van der Waals surface area contributed by atoms with E-state index in [1.54, 1.807) is 12.4 Å². The fourth-order valence-electron chi connectivity index (χ4n) is 1.76. The number of nitrogens with zero attached hydrogens (tertiary/aromatic N) is 2.